The first-order valence-corrected chi connectivity index (χ1v) is 8.39. The number of hydrogen-bond donors (Lipinski definition) is 0. The summed E-state index contributed by atoms with van der Waals surface area (Å²) in [6.07, 6.45) is 6.05. The number of nitrogens with zero attached hydrogens (tertiary/aromatic N) is 7. The van der Waals surface area contributed by atoms with Crippen molar-refractivity contribution in [3.05, 3.63) is 65.8 Å². The number of aromatic nitrogens is 7. The van der Waals surface area contributed by atoms with Crippen molar-refractivity contribution in [2.24, 2.45) is 7.05 Å². The second kappa shape index (κ2) is 5.85. The van der Waals surface area contributed by atoms with Crippen LogP contribution in [-0.4, -0.2) is 41.4 Å². The van der Waals surface area contributed by atoms with E-state index in [1.165, 1.54) is 0 Å². The number of rotatable bonds is 1. The highest BCUT2D eigenvalue weighted by atomic mass is 16.5. The molecular weight excluding hydrogens is 342 g/mol. The fourth-order valence-electron chi connectivity index (χ4n) is 3.21. The molecular formula is C19H15N7O. The molecule has 0 atom stereocenters. The van der Waals surface area contributed by atoms with Gasteiger partial charge in [0.2, 0.25) is 0 Å². The number of hydrogen-bond acceptors (Lipinski definition) is 5. The molecule has 0 saturated carbocycles. The SMILES string of the molecule is COc1ccc2c(c1)-n1nncc1Cc1c(C#Cc3ccn(C)n3)ncn1-2. The second-order valence-electron chi connectivity index (χ2n) is 6.20. The van der Waals surface area contributed by atoms with Gasteiger partial charge in [-0.15, -0.1) is 5.10 Å². The summed E-state index contributed by atoms with van der Waals surface area (Å²) in [7, 11) is 3.52. The molecule has 0 unspecified atom stereocenters. The molecule has 0 aliphatic carbocycles. The summed E-state index contributed by atoms with van der Waals surface area (Å²) >= 11 is 0. The molecule has 8 heteroatoms. The molecule has 0 N–H and O–H groups in total. The minimum Gasteiger partial charge on any atom is -0.497 e. The third kappa shape index (κ3) is 2.48. The fraction of sp³-hybridized carbons (Fsp3) is 0.158. The topological polar surface area (TPSA) is 75.6 Å². The lowest BCUT2D eigenvalue weighted by Gasteiger charge is -2.11. The molecule has 1 aliphatic heterocycles. The molecule has 0 fully saturated rings. The average molecular weight is 357 g/mol. The lowest BCUT2D eigenvalue weighted by molar-refractivity contribution is 0.414. The van der Waals surface area contributed by atoms with E-state index in [9.17, 15) is 0 Å². The predicted molar refractivity (Wildman–Crippen MR) is 97.0 cm³/mol. The highest BCUT2D eigenvalue weighted by Crippen LogP contribution is 2.30. The van der Waals surface area contributed by atoms with Gasteiger partial charge in [0.15, 0.2) is 0 Å². The largest absolute Gasteiger partial charge is 0.497 e. The van der Waals surface area contributed by atoms with Gasteiger partial charge >= 0.3 is 0 Å². The summed E-state index contributed by atoms with van der Waals surface area (Å²) < 4.78 is 11.0. The van der Waals surface area contributed by atoms with Crippen molar-refractivity contribution in [3.63, 3.8) is 0 Å². The van der Waals surface area contributed by atoms with Gasteiger partial charge in [-0.25, -0.2) is 9.67 Å². The molecule has 5 rings (SSSR count). The van der Waals surface area contributed by atoms with Crippen molar-refractivity contribution >= 4 is 0 Å². The standard InChI is InChI=1S/C19H15N7O/c1-24-8-7-13(22-24)3-5-16-18-9-14-11-21-23-26(14)19-10-15(27-2)4-6-17(19)25(18)12-20-16/h4,6-8,10-12H,9H2,1-2H3. The Kier molecular flexibility index (Phi) is 3.33. The van der Waals surface area contributed by atoms with Crippen molar-refractivity contribution in [1.82, 2.24) is 34.3 Å². The van der Waals surface area contributed by atoms with E-state index in [2.05, 4.69) is 32.2 Å². The number of ether oxygens (including phenoxy) is 1. The quantitative estimate of drug-likeness (QED) is 0.425. The van der Waals surface area contributed by atoms with E-state index < -0.39 is 0 Å². The minimum absolute atomic E-state index is 0.621. The Morgan fingerprint density at radius 3 is 2.89 bits per heavy atom. The maximum absolute atomic E-state index is 5.38. The summed E-state index contributed by atoms with van der Waals surface area (Å²) in [5.41, 5.74) is 5.23. The molecule has 4 heterocycles. The predicted octanol–water partition coefficient (Wildman–Crippen LogP) is 1.50. The Balaban J connectivity index is 1.68. The van der Waals surface area contributed by atoms with Gasteiger partial charge in [-0.2, -0.15) is 5.10 Å². The third-order valence-corrected chi connectivity index (χ3v) is 4.53. The average Bonchev–Trinajstić information content (AvgIpc) is 3.39. The molecule has 0 spiro atoms. The van der Waals surface area contributed by atoms with Crippen LogP contribution in [-0.2, 0) is 13.5 Å². The molecule has 3 aromatic heterocycles. The minimum atomic E-state index is 0.621. The highest BCUT2D eigenvalue weighted by molar-refractivity contribution is 5.59. The van der Waals surface area contributed by atoms with E-state index in [0.29, 0.717) is 12.1 Å². The van der Waals surface area contributed by atoms with Crippen molar-refractivity contribution in [1.29, 1.82) is 0 Å². The molecule has 132 valence electrons. The van der Waals surface area contributed by atoms with Gasteiger partial charge in [-0.05, 0) is 30.0 Å². The Morgan fingerprint density at radius 2 is 2.07 bits per heavy atom. The highest BCUT2D eigenvalue weighted by Gasteiger charge is 2.23. The van der Waals surface area contributed by atoms with E-state index in [4.69, 9.17) is 4.74 Å². The van der Waals surface area contributed by atoms with Crippen LogP contribution in [0.3, 0.4) is 0 Å². The van der Waals surface area contributed by atoms with Crippen LogP contribution in [0.15, 0.2) is 43.0 Å². The fourth-order valence-corrected chi connectivity index (χ4v) is 3.21. The van der Waals surface area contributed by atoms with Gasteiger partial charge in [-0.3, -0.25) is 9.25 Å². The maximum Gasteiger partial charge on any atom is 0.135 e. The second-order valence-corrected chi connectivity index (χ2v) is 6.20. The molecule has 1 aromatic carbocycles. The number of methoxy groups -OCH3 is 1. The lowest BCUT2D eigenvalue weighted by atomic mass is 10.2. The van der Waals surface area contributed by atoms with E-state index in [-0.39, 0.29) is 0 Å². The van der Waals surface area contributed by atoms with Crippen LogP contribution < -0.4 is 4.74 Å². The molecule has 4 aromatic rings. The Bertz CT molecular complexity index is 1220. The first-order chi connectivity index (χ1) is 13.2. The molecule has 0 bridgehead atoms. The van der Waals surface area contributed by atoms with Crippen molar-refractivity contribution in [3.8, 4) is 29.0 Å². The number of aryl methyl sites for hydroxylation is 1. The molecule has 27 heavy (non-hydrogen) atoms. The normalized spacial score (nSPS) is 11.6. The van der Waals surface area contributed by atoms with Crippen LogP contribution in [0.2, 0.25) is 0 Å². The maximum atomic E-state index is 5.38. The number of benzene rings is 1. The van der Waals surface area contributed by atoms with E-state index in [1.807, 2.05) is 46.8 Å². The number of fused-ring (bicyclic) bond motifs is 5. The van der Waals surface area contributed by atoms with Crippen molar-refractivity contribution < 1.29 is 4.74 Å². The zero-order valence-electron chi connectivity index (χ0n) is 14.8. The van der Waals surface area contributed by atoms with E-state index in [1.54, 1.807) is 24.3 Å². The summed E-state index contributed by atoms with van der Waals surface area (Å²) in [6, 6.07) is 7.74. The van der Waals surface area contributed by atoms with Crippen molar-refractivity contribution in [2.75, 3.05) is 7.11 Å². The third-order valence-electron chi connectivity index (χ3n) is 4.53. The van der Waals surface area contributed by atoms with Crippen LogP contribution in [0, 0.1) is 11.8 Å². The first-order valence-electron chi connectivity index (χ1n) is 8.39. The Hall–Kier alpha value is -3.86. The zero-order chi connectivity index (χ0) is 18.4. The number of imidazole rings is 1. The summed E-state index contributed by atoms with van der Waals surface area (Å²) in [6.45, 7) is 0. The summed E-state index contributed by atoms with van der Waals surface area (Å²) in [5.74, 6) is 6.99. The molecule has 0 radical (unpaired) electrons. The van der Waals surface area contributed by atoms with Crippen LogP contribution in [0.4, 0.5) is 0 Å². The lowest BCUT2D eigenvalue weighted by Crippen LogP contribution is -2.03. The zero-order valence-corrected chi connectivity index (χ0v) is 14.8. The summed E-state index contributed by atoms with van der Waals surface area (Å²) in [4.78, 5) is 4.53. The van der Waals surface area contributed by atoms with Crippen LogP contribution in [0.25, 0.3) is 11.4 Å². The van der Waals surface area contributed by atoms with Gasteiger partial charge in [0.25, 0.3) is 0 Å². The van der Waals surface area contributed by atoms with Gasteiger partial charge in [-0.1, -0.05) is 5.21 Å². The van der Waals surface area contributed by atoms with E-state index >= 15 is 0 Å². The molecule has 8 nitrogen and oxygen atoms in total. The summed E-state index contributed by atoms with van der Waals surface area (Å²) in [5, 5.41) is 12.6. The molecule has 0 saturated heterocycles. The monoisotopic (exact) mass is 357 g/mol. The van der Waals surface area contributed by atoms with Gasteiger partial charge in [0, 0.05) is 25.7 Å². The molecule has 1 aliphatic rings. The van der Waals surface area contributed by atoms with Crippen molar-refractivity contribution in [2.45, 2.75) is 6.42 Å². The van der Waals surface area contributed by atoms with E-state index in [0.717, 1.165) is 34.2 Å². The van der Waals surface area contributed by atoms with Gasteiger partial charge in [0.1, 0.15) is 23.5 Å². The molecule has 0 amide bonds. The van der Waals surface area contributed by atoms with Gasteiger partial charge < -0.3 is 4.74 Å². The van der Waals surface area contributed by atoms with Crippen LogP contribution in [0.5, 0.6) is 5.75 Å². The smallest absolute Gasteiger partial charge is 0.135 e. The van der Waals surface area contributed by atoms with Crippen LogP contribution >= 0.6 is 0 Å². The van der Waals surface area contributed by atoms with Gasteiger partial charge in [0.05, 0.1) is 36.1 Å². The first kappa shape index (κ1) is 15.4. The Morgan fingerprint density at radius 1 is 1.15 bits per heavy atom. The Labute approximate surface area is 155 Å². The van der Waals surface area contributed by atoms with Crippen LogP contribution in [0.1, 0.15) is 22.8 Å².